The molecule has 0 fully saturated rings. The maximum absolute atomic E-state index is 12.5. The molecule has 0 saturated heterocycles. The van der Waals surface area contributed by atoms with Crippen LogP contribution >= 0.6 is 0 Å². The molecule has 0 aliphatic heterocycles. The van der Waals surface area contributed by atoms with Crippen molar-refractivity contribution < 1.29 is 18.7 Å². The highest BCUT2D eigenvalue weighted by atomic mass is 32.2. The van der Waals surface area contributed by atoms with E-state index in [0.29, 0.717) is 0 Å². The number of aromatic nitrogens is 2. The van der Waals surface area contributed by atoms with Crippen molar-refractivity contribution in [2.24, 2.45) is 0 Å². The van der Waals surface area contributed by atoms with Crippen LogP contribution in [0.2, 0.25) is 0 Å². The molecule has 1 aromatic carbocycles. The first kappa shape index (κ1) is 20.3. The third kappa shape index (κ3) is 3.64. The molecule has 0 bridgehead atoms. The maximum Gasteiger partial charge on any atom is 0.333 e. The number of aryl methyl sites for hydroxylation is 2. The fourth-order valence-corrected chi connectivity index (χ4v) is 4.87. The molecule has 4 rings (SSSR count). The Balaban J connectivity index is 0.00000225. The Bertz CT molecular complexity index is 979. The van der Waals surface area contributed by atoms with Crippen molar-refractivity contribution >= 4 is 21.7 Å². The Labute approximate surface area is 164 Å². The highest BCUT2D eigenvalue weighted by molar-refractivity contribution is 7.90. The summed E-state index contributed by atoms with van der Waals surface area (Å²) in [4.78, 5) is 12.5. The molecular formula is C19H26N4O4S. The molecule has 4 N–H and O–H groups in total. The van der Waals surface area contributed by atoms with Crippen molar-refractivity contribution in [2.75, 3.05) is 5.32 Å². The molecule has 0 spiro atoms. The van der Waals surface area contributed by atoms with Gasteiger partial charge >= 0.3 is 6.03 Å². The molecule has 1 aromatic heterocycles. The summed E-state index contributed by atoms with van der Waals surface area (Å²) < 4.78 is 28.6. The second kappa shape index (κ2) is 7.56. The first-order valence-corrected chi connectivity index (χ1v) is 10.9. The Kier molecular flexibility index (Phi) is 5.49. The van der Waals surface area contributed by atoms with Gasteiger partial charge in [0.2, 0.25) is 0 Å². The minimum absolute atomic E-state index is 0. The number of nitrogens with zero attached hydrogens (tertiary/aromatic N) is 2. The van der Waals surface area contributed by atoms with Gasteiger partial charge in [0.15, 0.2) is 5.03 Å². The number of hydrogen-bond donors (Lipinski definition) is 2. The van der Waals surface area contributed by atoms with Crippen LogP contribution in [0.3, 0.4) is 0 Å². The SMILES string of the molecule is CC(C)n1ccc(S(=O)(=O)NC(=O)Nc2c3c(cc4c2CCC4)CCC3)n1.O. The fraction of sp³-hybridized carbons (Fsp3) is 0.474. The number of sulfonamides is 1. The highest BCUT2D eigenvalue weighted by Crippen LogP contribution is 2.38. The van der Waals surface area contributed by atoms with Crippen molar-refractivity contribution in [1.82, 2.24) is 14.5 Å². The summed E-state index contributed by atoms with van der Waals surface area (Å²) >= 11 is 0. The topological polar surface area (TPSA) is 125 Å². The molecular weight excluding hydrogens is 380 g/mol. The molecule has 2 aromatic rings. The normalized spacial score (nSPS) is 15.1. The van der Waals surface area contributed by atoms with Crippen molar-refractivity contribution in [3.05, 3.63) is 40.6 Å². The number of hydrogen-bond acceptors (Lipinski definition) is 4. The summed E-state index contributed by atoms with van der Waals surface area (Å²) in [6.45, 7) is 3.81. The smallest absolute Gasteiger partial charge is 0.333 e. The van der Waals surface area contributed by atoms with E-state index in [-0.39, 0.29) is 16.5 Å². The maximum atomic E-state index is 12.5. The quantitative estimate of drug-likeness (QED) is 0.807. The van der Waals surface area contributed by atoms with E-state index in [1.807, 2.05) is 13.8 Å². The van der Waals surface area contributed by atoms with Crippen LogP contribution in [0.4, 0.5) is 10.5 Å². The largest absolute Gasteiger partial charge is 0.412 e. The molecule has 0 atom stereocenters. The van der Waals surface area contributed by atoms with E-state index in [9.17, 15) is 13.2 Å². The summed E-state index contributed by atoms with van der Waals surface area (Å²) in [5.74, 6) is 0. The summed E-state index contributed by atoms with van der Waals surface area (Å²) in [6, 6.07) is 2.97. The third-order valence-electron chi connectivity index (χ3n) is 5.33. The van der Waals surface area contributed by atoms with Crippen LogP contribution in [0.15, 0.2) is 23.4 Å². The van der Waals surface area contributed by atoms with E-state index in [1.165, 1.54) is 17.2 Å². The van der Waals surface area contributed by atoms with Crippen LogP contribution in [0.5, 0.6) is 0 Å². The summed E-state index contributed by atoms with van der Waals surface area (Å²) in [5, 5.41) is 6.72. The fourth-order valence-electron chi connectivity index (χ4n) is 4.03. The van der Waals surface area contributed by atoms with Gasteiger partial charge in [-0.05, 0) is 80.7 Å². The van der Waals surface area contributed by atoms with Gasteiger partial charge < -0.3 is 10.8 Å². The first-order chi connectivity index (χ1) is 12.8. The Morgan fingerprint density at radius 3 is 2.25 bits per heavy atom. The van der Waals surface area contributed by atoms with Gasteiger partial charge in [-0.25, -0.2) is 9.52 Å². The van der Waals surface area contributed by atoms with Gasteiger partial charge in [-0.3, -0.25) is 4.68 Å². The molecule has 0 unspecified atom stereocenters. The van der Waals surface area contributed by atoms with Crippen molar-refractivity contribution in [3.63, 3.8) is 0 Å². The number of urea groups is 1. The Morgan fingerprint density at radius 1 is 1.11 bits per heavy atom. The van der Waals surface area contributed by atoms with Gasteiger partial charge in [0, 0.05) is 17.9 Å². The second-order valence-corrected chi connectivity index (χ2v) is 9.15. The lowest BCUT2D eigenvalue weighted by Crippen LogP contribution is -2.35. The van der Waals surface area contributed by atoms with Gasteiger partial charge in [-0.2, -0.15) is 13.5 Å². The van der Waals surface area contributed by atoms with Crippen LogP contribution in [0, 0.1) is 0 Å². The average molecular weight is 407 g/mol. The molecule has 9 heteroatoms. The molecule has 2 aliphatic carbocycles. The van der Waals surface area contributed by atoms with Gasteiger partial charge in [-0.15, -0.1) is 0 Å². The molecule has 8 nitrogen and oxygen atoms in total. The molecule has 28 heavy (non-hydrogen) atoms. The molecule has 0 radical (unpaired) electrons. The van der Waals surface area contributed by atoms with E-state index in [1.54, 1.807) is 10.9 Å². The van der Waals surface area contributed by atoms with E-state index in [0.717, 1.165) is 55.3 Å². The zero-order valence-corrected chi connectivity index (χ0v) is 16.9. The summed E-state index contributed by atoms with van der Waals surface area (Å²) in [5.41, 5.74) is 5.70. The number of rotatable bonds is 4. The lowest BCUT2D eigenvalue weighted by molar-refractivity contribution is 0.256. The van der Waals surface area contributed by atoms with E-state index < -0.39 is 16.1 Å². The minimum Gasteiger partial charge on any atom is -0.412 e. The molecule has 152 valence electrons. The number of amides is 2. The Hall–Kier alpha value is -2.39. The first-order valence-electron chi connectivity index (χ1n) is 9.40. The zero-order chi connectivity index (χ0) is 19.2. The Morgan fingerprint density at radius 2 is 1.71 bits per heavy atom. The van der Waals surface area contributed by atoms with E-state index in [4.69, 9.17) is 0 Å². The standard InChI is InChI=1S/C19H24N4O3S.H2O/c1-12(2)23-10-9-17(21-23)27(25,26)22-19(24)20-18-15-7-3-5-13(15)11-14-6-4-8-16(14)18;/h9-12H,3-8H2,1-2H3,(H2,20,22,24);1H2. The molecule has 1 heterocycles. The number of benzene rings is 1. The summed E-state index contributed by atoms with van der Waals surface area (Å²) in [6.07, 6.45) is 7.61. The van der Waals surface area contributed by atoms with Gasteiger partial charge in [0.1, 0.15) is 0 Å². The van der Waals surface area contributed by atoms with Crippen LogP contribution in [-0.4, -0.2) is 29.7 Å². The van der Waals surface area contributed by atoms with E-state index in [2.05, 4.69) is 21.2 Å². The average Bonchev–Trinajstić information content (AvgIpc) is 3.34. The number of carbonyl (C=O) groups is 1. The van der Waals surface area contributed by atoms with Crippen LogP contribution < -0.4 is 10.0 Å². The summed E-state index contributed by atoms with van der Waals surface area (Å²) in [7, 11) is -4.01. The predicted molar refractivity (Wildman–Crippen MR) is 106 cm³/mol. The van der Waals surface area contributed by atoms with Crippen LogP contribution in [0.1, 0.15) is 55.0 Å². The molecule has 2 amide bonds. The molecule has 2 aliphatic rings. The zero-order valence-electron chi connectivity index (χ0n) is 16.1. The minimum atomic E-state index is -4.01. The third-order valence-corrected chi connectivity index (χ3v) is 6.55. The van der Waals surface area contributed by atoms with Crippen LogP contribution in [0.25, 0.3) is 0 Å². The van der Waals surface area contributed by atoms with Gasteiger partial charge in [0.05, 0.1) is 0 Å². The van der Waals surface area contributed by atoms with E-state index >= 15 is 0 Å². The lowest BCUT2D eigenvalue weighted by Gasteiger charge is -2.16. The van der Waals surface area contributed by atoms with Crippen molar-refractivity contribution in [2.45, 2.75) is 63.4 Å². The highest BCUT2D eigenvalue weighted by Gasteiger charge is 2.27. The number of nitrogens with one attached hydrogen (secondary N) is 2. The van der Waals surface area contributed by atoms with Gasteiger partial charge in [0.25, 0.3) is 10.0 Å². The number of carbonyl (C=O) groups excluding carboxylic acids is 1. The second-order valence-electron chi connectivity index (χ2n) is 7.52. The lowest BCUT2D eigenvalue weighted by atomic mass is 9.99. The van der Waals surface area contributed by atoms with Crippen molar-refractivity contribution in [3.8, 4) is 0 Å². The predicted octanol–water partition coefficient (Wildman–Crippen LogP) is 2.13. The number of anilines is 1. The monoisotopic (exact) mass is 406 g/mol. The van der Waals surface area contributed by atoms with Crippen molar-refractivity contribution in [1.29, 1.82) is 0 Å². The molecule has 0 saturated carbocycles. The number of fused-ring (bicyclic) bond motifs is 2. The van der Waals surface area contributed by atoms with Crippen LogP contribution in [-0.2, 0) is 35.7 Å². The van der Waals surface area contributed by atoms with Gasteiger partial charge in [-0.1, -0.05) is 6.07 Å².